The number of alkyl carbamates (subject to hydrolysis) is 1. The zero-order chi connectivity index (χ0) is 31.3. The van der Waals surface area contributed by atoms with Crippen molar-refractivity contribution < 1.29 is 19.1 Å². The number of unbranched alkanes of at least 4 members (excludes halogenated alkanes) is 5. The summed E-state index contributed by atoms with van der Waals surface area (Å²) in [5, 5.41) is 6.24. The summed E-state index contributed by atoms with van der Waals surface area (Å²) >= 11 is 6.47. The van der Waals surface area contributed by atoms with E-state index < -0.39 is 23.8 Å². The van der Waals surface area contributed by atoms with Gasteiger partial charge in [-0.05, 0) is 63.6 Å². The smallest absolute Gasteiger partial charge is 0.408 e. The zero-order valence-electron chi connectivity index (χ0n) is 26.5. The quantitative estimate of drug-likeness (QED) is 0.201. The molecule has 2 rings (SSSR count). The van der Waals surface area contributed by atoms with Crippen molar-refractivity contribution in [1.29, 1.82) is 0 Å². The van der Waals surface area contributed by atoms with Gasteiger partial charge in [-0.25, -0.2) is 4.79 Å². The predicted octanol–water partition coefficient (Wildman–Crippen LogP) is 8.46. The van der Waals surface area contributed by atoms with Gasteiger partial charge in [-0.2, -0.15) is 0 Å². The third kappa shape index (κ3) is 11.7. The Labute approximate surface area is 257 Å². The van der Waals surface area contributed by atoms with Crippen LogP contribution in [0.25, 0.3) is 0 Å². The molecule has 2 atom stereocenters. The molecule has 0 aliphatic carbocycles. The van der Waals surface area contributed by atoms with E-state index in [1.54, 1.807) is 31.7 Å². The van der Waals surface area contributed by atoms with Crippen LogP contribution in [0.5, 0.6) is 0 Å². The summed E-state index contributed by atoms with van der Waals surface area (Å²) in [7, 11) is 0. The van der Waals surface area contributed by atoms with Crippen LogP contribution < -0.4 is 10.6 Å². The van der Waals surface area contributed by atoms with Crippen molar-refractivity contribution in [3.05, 3.63) is 64.7 Å². The minimum absolute atomic E-state index is 0.111. The standard InChI is InChI=1S/C34H50ClN3O4/c1-8-9-10-11-12-16-22-38(32(40)28(23-24(2)3)36-33(41)42-34(5,6)7)30(26-19-14-13-15-20-26)31(39)37-29-25(4)18-17-21-27(29)35/h13-15,17-21,24,28,30H,8-12,16,22-23H2,1-7H3,(H,36,41)(H,37,39). The van der Waals surface area contributed by atoms with Crippen molar-refractivity contribution in [1.82, 2.24) is 10.2 Å². The molecule has 0 saturated carbocycles. The van der Waals surface area contributed by atoms with E-state index in [1.165, 1.54) is 6.42 Å². The minimum Gasteiger partial charge on any atom is -0.444 e. The second kappa shape index (κ2) is 17.2. The summed E-state index contributed by atoms with van der Waals surface area (Å²) in [5.74, 6) is -0.570. The highest BCUT2D eigenvalue weighted by molar-refractivity contribution is 6.34. The largest absolute Gasteiger partial charge is 0.444 e. The van der Waals surface area contributed by atoms with Crippen LogP contribution >= 0.6 is 11.6 Å². The Kier molecular flexibility index (Phi) is 14.3. The topological polar surface area (TPSA) is 87.7 Å². The average Bonchev–Trinajstić information content (AvgIpc) is 2.90. The molecule has 2 aromatic rings. The molecule has 0 aliphatic heterocycles. The molecule has 0 radical (unpaired) electrons. The first-order valence-electron chi connectivity index (χ1n) is 15.2. The van der Waals surface area contributed by atoms with Crippen molar-refractivity contribution in [3.8, 4) is 0 Å². The predicted molar refractivity (Wildman–Crippen MR) is 172 cm³/mol. The van der Waals surface area contributed by atoms with Crippen LogP contribution in [-0.4, -0.2) is 41.0 Å². The highest BCUT2D eigenvalue weighted by atomic mass is 35.5. The summed E-state index contributed by atoms with van der Waals surface area (Å²) < 4.78 is 5.50. The zero-order valence-corrected chi connectivity index (χ0v) is 27.2. The SMILES string of the molecule is CCCCCCCCN(C(=O)C(CC(C)C)NC(=O)OC(C)(C)C)C(C(=O)Nc1c(C)cccc1Cl)c1ccccc1. The Bertz CT molecular complexity index is 1130. The maximum absolute atomic E-state index is 14.4. The number of para-hydroxylation sites is 1. The molecule has 0 aliphatic rings. The number of rotatable bonds is 15. The van der Waals surface area contributed by atoms with E-state index in [-0.39, 0.29) is 17.7 Å². The molecular weight excluding hydrogens is 550 g/mol. The first-order valence-corrected chi connectivity index (χ1v) is 15.6. The molecule has 8 heteroatoms. The lowest BCUT2D eigenvalue weighted by Crippen LogP contribution is -2.53. The second-order valence-electron chi connectivity index (χ2n) is 12.4. The van der Waals surface area contributed by atoms with Crippen LogP contribution in [0.1, 0.15) is 104 Å². The molecule has 2 unspecified atom stereocenters. The lowest BCUT2D eigenvalue weighted by atomic mass is 9.98. The number of ether oxygens (including phenoxy) is 1. The summed E-state index contributed by atoms with van der Waals surface area (Å²) in [5.41, 5.74) is 1.30. The van der Waals surface area contributed by atoms with Crippen molar-refractivity contribution in [2.75, 3.05) is 11.9 Å². The molecule has 0 spiro atoms. The van der Waals surface area contributed by atoms with E-state index >= 15 is 0 Å². The van der Waals surface area contributed by atoms with Gasteiger partial charge in [0.15, 0.2) is 0 Å². The Morgan fingerprint density at radius 2 is 1.57 bits per heavy atom. The van der Waals surface area contributed by atoms with Gasteiger partial charge in [0.05, 0.1) is 10.7 Å². The fourth-order valence-electron chi connectivity index (χ4n) is 4.86. The first kappa shape index (κ1) is 35.1. The molecular formula is C34H50ClN3O4. The van der Waals surface area contributed by atoms with Gasteiger partial charge < -0.3 is 20.3 Å². The molecule has 3 amide bonds. The van der Waals surface area contributed by atoms with Gasteiger partial charge in [0.25, 0.3) is 5.91 Å². The number of anilines is 1. The molecule has 232 valence electrons. The molecule has 0 aromatic heterocycles. The van der Waals surface area contributed by atoms with Gasteiger partial charge >= 0.3 is 6.09 Å². The number of nitrogens with one attached hydrogen (secondary N) is 2. The maximum atomic E-state index is 14.4. The first-order chi connectivity index (χ1) is 19.8. The highest BCUT2D eigenvalue weighted by Crippen LogP contribution is 2.30. The van der Waals surface area contributed by atoms with E-state index in [4.69, 9.17) is 16.3 Å². The Hall–Kier alpha value is -3.06. The molecule has 2 aromatic carbocycles. The third-order valence-electron chi connectivity index (χ3n) is 6.88. The van der Waals surface area contributed by atoms with Gasteiger partial charge in [-0.1, -0.05) is 107 Å². The number of benzene rings is 2. The number of aryl methyl sites for hydroxylation is 1. The highest BCUT2D eigenvalue weighted by Gasteiger charge is 2.36. The fourth-order valence-corrected chi connectivity index (χ4v) is 5.13. The number of carbonyl (C=O) groups excluding carboxylic acids is 3. The van der Waals surface area contributed by atoms with Crippen LogP contribution in [0.4, 0.5) is 10.5 Å². The lowest BCUT2D eigenvalue weighted by molar-refractivity contribution is -0.141. The van der Waals surface area contributed by atoms with Gasteiger partial charge in [-0.15, -0.1) is 0 Å². The van der Waals surface area contributed by atoms with Crippen molar-refractivity contribution >= 4 is 35.2 Å². The summed E-state index contributed by atoms with van der Waals surface area (Å²) in [6.45, 7) is 13.8. The molecule has 0 bridgehead atoms. The number of halogens is 1. The average molecular weight is 600 g/mol. The van der Waals surface area contributed by atoms with Crippen molar-refractivity contribution in [2.24, 2.45) is 5.92 Å². The normalized spacial score (nSPS) is 12.9. The Morgan fingerprint density at radius 1 is 0.929 bits per heavy atom. The van der Waals surface area contributed by atoms with Gasteiger partial charge in [0.1, 0.15) is 17.7 Å². The third-order valence-corrected chi connectivity index (χ3v) is 7.19. The van der Waals surface area contributed by atoms with E-state index in [0.717, 1.165) is 37.7 Å². The van der Waals surface area contributed by atoms with Gasteiger partial charge in [0, 0.05) is 6.54 Å². The fraction of sp³-hybridized carbons (Fsp3) is 0.559. The molecule has 2 N–H and O–H groups in total. The Balaban J connectivity index is 2.50. The molecule has 42 heavy (non-hydrogen) atoms. The summed E-state index contributed by atoms with van der Waals surface area (Å²) in [6, 6.07) is 12.9. The van der Waals surface area contributed by atoms with Crippen LogP contribution in [0.3, 0.4) is 0 Å². The number of nitrogens with zero attached hydrogens (tertiary/aromatic N) is 1. The summed E-state index contributed by atoms with van der Waals surface area (Å²) in [4.78, 5) is 43.0. The molecule has 0 saturated heterocycles. The summed E-state index contributed by atoms with van der Waals surface area (Å²) in [6.07, 6.45) is 5.92. The van der Waals surface area contributed by atoms with Gasteiger partial charge in [-0.3, -0.25) is 9.59 Å². The monoisotopic (exact) mass is 599 g/mol. The van der Waals surface area contributed by atoms with E-state index in [2.05, 4.69) is 17.6 Å². The molecule has 0 fully saturated rings. The second-order valence-corrected chi connectivity index (χ2v) is 12.8. The lowest BCUT2D eigenvalue weighted by Gasteiger charge is -2.35. The van der Waals surface area contributed by atoms with E-state index in [9.17, 15) is 14.4 Å². The van der Waals surface area contributed by atoms with Crippen LogP contribution in [0, 0.1) is 12.8 Å². The van der Waals surface area contributed by atoms with Crippen molar-refractivity contribution in [2.45, 2.75) is 111 Å². The van der Waals surface area contributed by atoms with Crippen LogP contribution in [0.15, 0.2) is 48.5 Å². The minimum atomic E-state index is -0.930. The van der Waals surface area contributed by atoms with E-state index in [0.29, 0.717) is 29.2 Å². The number of amides is 3. The number of carbonyl (C=O) groups is 3. The number of hydrogen-bond donors (Lipinski definition) is 2. The number of hydrogen-bond acceptors (Lipinski definition) is 4. The molecule has 7 nitrogen and oxygen atoms in total. The molecule has 0 heterocycles. The van der Waals surface area contributed by atoms with Crippen LogP contribution in [-0.2, 0) is 14.3 Å². The Morgan fingerprint density at radius 3 is 2.17 bits per heavy atom. The van der Waals surface area contributed by atoms with Crippen molar-refractivity contribution in [3.63, 3.8) is 0 Å². The maximum Gasteiger partial charge on any atom is 0.408 e. The van der Waals surface area contributed by atoms with Crippen LogP contribution in [0.2, 0.25) is 5.02 Å². The van der Waals surface area contributed by atoms with Gasteiger partial charge in [0.2, 0.25) is 5.91 Å². The van der Waals surface area contributed by atoms with E-state index in [1.807, 2.05) is 63.2 Å².